The topological polar surface area (TPSA) is 55.0 Å². The van der Waals surface area contributed by atoms with Crippen molar-refractivity contribution in [3.63, 3.8) is 0 Å². The van der Waals surface area contributed by atoms with Crippen LogP contribution in [0.1, 0.15) is 18.5 Å². The fourth-order valence-corrected chi connectivity index (χ4v) is 1.67. The molecule has 0 atom stereocenters. The standard InChI is InChI=1S/C9H12N4S/c10-9(14)7-5-11-6-8(12-7)13-3-1-2-4-13/h5-6H,1-4H2,(H2,10,14). The van der Waals surface area contributed by atoms with Gasteiger partial charge in [-0.2, -0.15) is 0 Å². The van der Waals surface area contributed by atoms with Gasteiger partial charge in [0, 0.05) is 13.1 Å². The van der Waals surface area contributed by atoms with E-state index in [2.05, 4.69) is 14.9 Å². The normalized spacial score (nSPS) is 15.9. The van der Waals surface area contributed by atoms with Gasteiger partial charge in [-0.1, -0.05) is 12.2 Å². The molecule has 14 heavy (non-hydrogen) atoms. The third-order valence-corrected chi connectivity index (χ3v) is 2.51. The molecule has 0 unspecified atom stereocenters. The molecule has 4 nitrogen and oxygen atoms in total. The lowest BCUT2D eigenvalue weighted by atomic mass is 10.4. The minimum Gasteiger partial charge on any atom is -0.388 e. The number of thiocarbonyl (C=S) groups is 1. The predicted molar refractivity (Wildman–Crippen MR) is 59.4 cm³/mol. The summed E-state index contributed by atoms with van der Waals surface area (Å²) in [5, 5.41) is 0. The highest BCUT2D eigenvalue weighted by Gasteiger charge is 2.14. The van der Waals surface area contributed by atoms with Crippen LogP contribution in [0.3, 0.4) is 0 Å². The quantitative estimate of drug-likeness (QED) is 0.725. The number of hydrogen-bond acceptors (Lipinski definition) is 4. The summed E-state index contributed by atoms with van der Waals surface area (Å²) in [5.74, 6) is 0.882. The molecule has 1 aliphatic heterocycles. The zero-order chi connectivity index (χ0) is 9.97. The summed E-state index contributed by atoms with van der Waals surface area (Å²) in [6.07, 6.45) is 5.80. The Bertz CT molecular complexity index is 346. The van der Waals surface area contributed by atoms with Gasteiger partial charge in [0.2, 0.25) is 0 Å². The fourth-order valence-electron chi connectivity index (χ4n) is 1.57. The first kappa shape index (κ1) is 9.33. The van der Waals surface area contributed by atoms with Gasteiger partial charge in [0.25, 0.3) is 0 Å². The van der Waals surface area contributed by atoms with Gasteiger partial charge in [0.15, 0.2) is 0 Å². The maximum absolute atomic E-state index is 5.49. The molecule has 0 aliphatic carbocycles. The van der Waals surface area contributed by atoms with Gasteiger partial charge in [-0.3, -0.25) is 4.98 Å². The predicted octanol–water partition coefficient (Wildman–Crippen LogP) is 0.711. The van der Waals surface area contributed by atoms with Gasteiger partial charge >= 0.3 is 0 Å². The second-order valence-electron chi connectivity index (χ2n) is 3.32. The first-order valence-corrected chi connectivity index (χ1v) is 5.05. The SMILES string of the molecule is NC(=S)c1cncc(N2CCCC2)n1. The highest BCUT2D eigenvalue weighted by Crippen LogP contribution is 2.16. The third kappa shape index (κ3) is 1.82. The number of hydrogen-bond donors (Lipinski definition) is 1. The first-order valence-electron chi connectivity index (χ1n) is 4.64. The minimum absolute atomic E-state index is 0.304. The van der Waals surface area contributed by atoms with Crippen molar-refractivity contribution in [3.8, 4) is 0 Å². The van der Waals surface area contributed by atoms with Crippen LogP contribution < -0.4 is 10.6 Å². The molecule has 2 N–H and O–H groups in total. The molecule has 0 saturated carbocycles. The Morgan fingerprint density at radius 3 is 2.71 bits per heavy atom. The van der Waals surface area contributed by atoms with Crippen LogP contribution >= 0.6 is 12.2 Å². The highest BCUT2D eigenvalue weighted by molar-refractivity contribution is 7.80. The molecule has 1 aliphatic rings. The van der Waals surface area contributed by atoms with Gasteiger partial charge in [0.1, 0.15) is 16.5 Å². The highest BCUT2D eigenvalue weighted by atomic mass is 32.1. The number of rotatable bonds is 2. The van der Waals surface area contributed by atoms with Crippen LogP contribution in [-0.2, 0) is 0 Å². The van der Waals surface area contributed by atoms with E-state index in [1.54, 1.807) is 12.4 Å². The maximum atomic E-state index is 5.49. The molecule has 1 saturated heterocycles. The van der Waals surface area contributed by atoms with Crippen LogP contribution in [0.2, 0.25) is 0 Å². The largest absolute Gasteiger partial charge is 0.388 e. The van der Waals surface area contributed by atoms with Gasteiger partial charge in [0.05, 0.1) is 12.4 Å². The van der Waals surface area contributed by atoms with Crippen molar-refractivity contribution in [2.75, 3.05) is 18.0 Å². The summed E-state index contributed by atoms with van der Waals surface area (Å²) < 4.78 is 0. The van der Waals surface area contributed by atoms with Gasteiger partial charge in [-0.15, -0.1) is 0 Å². The summed E-state index contributed by atoms with van der Waals surface area (Å²) in [6.45, 7) is 2.10. The van der Waals surface area contributed by atoms with Crippen molar-refractivity contribution in [2.45, 2.75) is 12.8 Å². The molecule has 1 aromatic heterocycles. The molecule has 0 bridgehead atoms. The zero-order valence-corrected chi connectivity index (χ0v) is 8.63. The lowest BCUT2D eigenvalue weighted by Gasteiger charge is -2.15. The molecular weight excluding hydrogens is 196 g/mol. The molecule has 0 aromatic carbocycles. The van der Waals surface area contributed by atoms with Gasteiger partial charge < -0.3 is 10.6 Å². The van der Waals surface area contributed by atoms with Crippen LogP contribution in [0, 0.1) is 0 Å². The van der Waals surface area contributed by atoms with Crippen LogP contribution in [-0.4, -0.2) is 28.0 Å². The van der Waals surface area contributed by atoms with Crippen molar-refractivity contribution < 1.29 is 0 Å². The van der Waals surface area contributed by atoms with E-state index in [4.69, 9.17) is 18.0 Å². The Kier molecular flexibility index (Phi) is 2.58. The second kappa shape index (κ2) is 3.88. The molecular formula is C9H12N4S. The van der Waals surface area contributed by atoms with Crippen LogP contribution in [0.15, 0.2) is 12.4 Å². The Balaban J connectivity index is 2.25. The van der Waals surface area contributed by atoms with Crippen molar-refractivity contribution in [3.05, 3.63) is 18.1 Å². The van der Waals surface area contributed by atoms with E-state index in [0.717, 1.165) is 18.9 Å². The zero-order valence-electron chi connectivity index (χ0n) is 7.81. The third-order valence-electron chi connectivity index (χ3n) is 2.30. The smallest absolute Gasteiger partial charge is 0.147 e. The van der Waals surface area contributed by atoms with E-state index in [1.807, 2.05) is 0 Å². The van der Waals surface area contributed by atoms with E-state index in [0.29, 0.717) is 10.7 Å². The first-order chi connectivity index (χ1) is 6.77. The number of nitrogens with two attached hydrogens (primary N) is 1. The van der Waals surface area contributed by atoms with Crippen LogP contribution in [0.5, 0.6) is 0 Å². The molecule has 0 spiro atoms. The number of aromatic nitrogens is 2. The van der Waals surface area contributed by atoms with Gasteiger partial charge in [-0.25, -0.2) is 4.98 Å². The summed E-state index contributed by atoms with van der Waals surface area (Å²) in [7, 11) is 0. The Labute approximate surface area is 88.1 Å². The molecule has 2 heterocycles. The molecule has 5 heteroatoms. The Morgan fingerprint density at radius 2 is 2.07 bits per heavy atom. The second-order valence-corrected chi connectivity index (χ2v) is 3.76. The van der Waals surface area contributed by atoms with Gasteiger partial charge in [-0.05, 0) is 12.8 Å². The van der Waals surface area contributed by atoms with E-state index in [-0.39, 0.29) is 0 Å². The lowest BCUT2D eigenvalue weighted by molar-refractivity contribution is 0.924. The van der Waals surface area contributed by atoms with Crippen molar-refractivity contribution in [2.24, 2.45) is 5.73 Å². The van der Waals surface area contributed by atoms with Crippen molar-refractivity contribution in [1.29, 1.82) is 0 Å². The van der Waals surface area contributed by atoms with E-state index in [1.165, 1.54) is 12.8 Å². The average Bonchev–Trinajstić information content (AvgIpc) is 2.71. The van der Waals surface area contributed by atoms with Crippen LogP contribution in [0.4, 0.5) is 5.82 Å². The molecule has 1 fully saturated rings. The monoisotopic (exact) mass is 208 g/mol. The van der Waals surface area contributed by atoms with Crippen molar-refractivity contribution >= 4 is 23.0 Å². The maximum Gasteiger partial charge on any atom is 0.147 e. The van der Waals surface area contributed by atoms with Crippen LogP contribution in [0.25, 0.3) is 0 Å². The molecule has 74 valence electrons. The molecule has 1 aromatic rings. The summed E-state index contributed by atoms with van der Waals surface area (Å²) in [6, 6.07) is 0. The number of nitrogens with zero attached hydrogens (tertiary/aromatic N) is 3. The fraction of sp³-hybridized carbons (Fsp3) is 0.444. The van der Waals surface area contributed by atoms with E-state index < -0.39 is 0 Å². The summed E-state index contributed by atoms with van der Waals surface area (Å²) in [4.78, 5) is 10.9. The average molecular weight is 208 g/mol. The molecule has 2 rings (SSSR count). The summed E-state index contributed by atoms with van der Waals surface area (Å²) in [5.41, 5.74) is 6.09. The summed E-state index contributed by atoms with van der Waals surface area (Å²) >= 11 is 4.85. The molecule has 0 radical (unpaired) electrons. The van der Waals surface area contributed by atoms with E-state index in [9.17, 15) is 0 Å². The minimum atomic E-state index is 0.304. The van der Waals surface area contributed by atoms with E-state index >= 15 is 0 Å². The lowest BCUT2D eigenvalue weighted by Crippen LogP contribution is -2.21. The molecule has 0 amide bonds. The van der Waals surface area contributed by atoms with Crippen molar-refractivity contribution in [1.82, 2.24) is 9.97 Å². The number of anilines is 1. The Hall–Kier alpha value is -1.23. The Morgan fingerprint density at radius 1 is 1.36 bits per heavy atom.